The smallest absolute Gasteiger partial charge is 0.336 e. The number of carbonyl (C=O) groups is 2. The third kappa shape index (κ3) is 4.49. The zero-order chi connectivity index (χ0) is 19.4. The number of aromatic hydroxyl groups is 1. The number of fused-ring (bicyclic) bond motifs is 1. The Morgan fingerprint density at radius 1 is 1.11 bits per heavy atom. The van der Waals surface area contributed by atoms with E-state index >= 15 is 0 Å². The highest BCUT2D eigenvalue weighted by molar-refractivity contribution is 5.95. The third-order valence-corrected chi connectivity index (χ3v) is 3.70. The third-order valence-electron chi connectivity index (χ3n) is 3.70. The summed E-state index contributed by atoms with van der Waals surface area (Å²) in [4.78, 5) is 35.3. The molecular formula is C19H14FNO6. The molecule has 0 unspecified atom stereocenters. The minimum Gasteiger partial charge on any atom is -0.508 e. The second-order valence-corrected chi connectivity index (χ2v) is 5.62. The van der Waals surface area contributed by atoms with Gasteiger partial charge in [0.15, 0.2) is 0 Å². The van der Waals surface area contributed by atoms with Crippen molar-refractivity contribution in [3.63, 3.8) is 0 Å². The number of ether oxygens (including phenoxy) is 1. The normalized spacial score (nSPS) is 10.6. The molecule has 0 spiro atoms. The lowest BCUT2D eigenvalue weighted by Gasteiger charge is -2.08. The SMILES string of the molecule is O=C(CNC(=O)c1ccc(F)cc1)OCc1cc(=O)oc2cc(O)ccc12. The van der Waals surface area contributed by atoms with Crippen LogP contribution in [-0.2, 0) is 16.1 Å². The van der Waals surface area contributed by atoms with Gasteiger partial charge in [-0.2, -0.15) is 0 Å². The van der Waals surface area contributed by atoms with Gasteiger partial charge in [0.2, 0.25) is 0 Å². The molecule has 2 N–H and O–H groups in total. The Morgan fingerprint density at radius 2 is 1.85 bits per heavy atom. The van der Waals surface area contributed by atoms with Gasteiger partial charge in [-0.3, -0.25) is 9.59 Å². The van der Waals surface area contributed by atoms with Crippen LogP contribution in [0, 0.1) is 5.82 Å². The van der Waals surface area contributed by atoms with Gasteiger partial charge in [-0.25, -0.2) is 9.18 Å². The Morgan fingerprint density at radius 3 is 2.59 bits per heavy atom. The van der Waals surface area contributed by atoms with Crippen LogP contribution in [0.25, 0.3) is 11.0 Å². The van der Waals surface area contributed by atoms with Gasteiger partial charge >= 0.3 is 11.6 Å². The van der Waals surface area contributed by atoms with Crippen molar-refractivity contribution in [2.45, 2.75) is 6.61 Å². The predicted octanol–water partition coefficient (Wildman–Crippen LogP) is 2.11. The number of carbonyl (C=O) groups excluding carboxylic acids is 2. The maximum Gasteiger partial charge on any atom is 0.336 e. The largest absolute Gasteiger partial charge is 0.508 e. The van der Waals surface area contributed by atoms with Crippen molar-refractivity contribution >= 4 is 22.8 Å². The first kappa shape index (κ1) is 18.1. The fraction of sp³-hybridized carbons (Fsp3) is 0.105. The molecule has 1 heterocycles. The quantitative estimate of drug-likeness (QED) is 0.526. The lowest BCUT2D eigenvalue weighted by atomic mass is 10.1. The Bertz CT molecular complexity index is 1060. The average Bonchev–Trinajstić information content (AvgIpc) is 2.64. The summed E-state index contributed by atoms with van der Waals surface area (Å²) in [6, 6.07) is 10.3. The number of halogens is 1. The molecule has 1 amide bonds. The number of phenols is 1. The van der Waals surface area contributed by atoms with E-state index in [1.54, 1.807) is 0 Å². The molecule has 1 aromatic heterocycles. The van der Waals surface area contributed by atoms with Crippen LogP contribution in [0.3, 0.4) is 0 Å². The van der Waals surface area contributed by atoms with Gasteiger partial charge < -0.3 is 19.6 Å². The minimum atomic E-state index is -0.717. The van der Waals surface area contributed by atoms with Crippen molar-refractivity contribution < 1.29 is 28.2 Å². The van der Waals surface area contributed by atoms with Crippen LogP contribution in [0.2, 0.25) is 0 Å². The number of phenolic OH excluding ortho intramolecular Hbond substituents is 1. The van der Waals surface area contributed by atoms with E-state index in [-0.39, 0.29) is 23.5 Å². The standard InChI is InChI=1S/C19H14FNO6/c20-13-3-1-11(2-4-13)19(25)21-9-18(24)26-10-12-7-17(23)27-16-8-14(22)5-6-15(12)16/h1-8,22H,9-10H2,(H,21,25). The van der Waals surface area contributed by atoms with Crippen LogP contribution in [0.4, 0.5) is 4.39 Å². The molecule has 0 aliphatic heterocycles. The van der Waals surface area contributed by atoms with Crippen molar-refractivity contribution in [3.8, 4) is 5.75 Å². The second kappa shape index (κ2) is 7.69. The van der Waals surface area contributed by atoms with E-state index in [4.69, 9.17) is 9.15 Å². The van der Waals surface area contributed by atoms with Gasteiger partial charge in [0, 0.05) is 28.6 Å². The van der Waals surface area contributed by atoms with Crippen LogP contribution in [0.15, 0.2) is 57.7 Å². The highest BCUT2D eigenvalue weighted by Gasteiger charge is 2.12. The Balaban J connectivity index is 1.61. The molecule has 27 heavy (non-hydrogen) atoms. The number of benzene rings is 2. The number of amides is 1. The first-order chi connectivity index (χ1) is 12.9. The predicted molar refractivity (Wildman–Crippen MR) is 92.7 cm³/mol. The summed E-state index contributed by atoms with van der Waals surface area (Å²) in [5.74, 6) is -1.80. The highest BCUT2D eigenvalue weighted by atomic mass is 19.1. The maximum absolute atomic E-state index is 12.8. The number of hydrogen-bond donors (Lipinski definition) is 2. The fourth-order valence-corrected chi connectivity index (χ4v) is 2.40. The van der Waals surface area contributed by atoms with Crippen molar-refractivity contribution in [1.82, 2.24) is 5.32 Å². The van der Waals surface area contributed by atoms with E-state index in [2.05, 4.69) is 5.32 Å². The van der Waals surface area contributed by atoms with E-state index in [1.807, 2.05) is 0 Å². The maximum atomic E-state index is 12.8. The number of esters is 1. The molecule has 7 nitrogen and oxygen atoms in total. The highest BCUT2D eigenvalue weighted by Crippen LogP contribution is 2.22. The molecular weight excluding hydrogens is 357 g/mol. The molecule has 0 atom stereocenters. The van der Waals surface area contributed by atoms with E-state index in [9.17, 15) is 23.9 Å². The van der Waals surface area contributed by atoms with E-state index < -0.39 is 29.9 Å². The van der Waals surface area contributed by atoms with Gasteiger partial charge in [0.25, 0.3) is 5.91 Å². The second-order valence-electron chi connectivity index (χ2n) is 5.62. The molecule has 0 aliphatic rings. The monoisotopic (exact) mass is 371 g/mol. The van der Waals surface area contributed by atoms with Gasteiger partial charge in [-0.1, -0.05) is 0 Å². The van der Waals surface area contributed by atoms with E-state index in [0.717, 1.165) is 12.1 Å². The van der Waals surface area contributed by atoms with Crippen LogP contribution in [0.1, 0.15) is 15.9 Å². The molecule has 8 heteroatoms. The summed E-state index contributed by atoms with van der Waals surface area (Å²) in [7, 11) is 0. The number of hydrogen-bond acceptors (Lipinski definition) is 6. The van der Waals surface area contributed by atoms with Crippen molar-refractivity contribution in [1.29, 1.82) is 0 Å². The van der Waals surface area contributed by atoms with Crippen LogP contribution >= 0.6 is 0 Å². The molecule has 0 saturated carbocycles. The van der Waals surface area contributed by atoms with Crippen LogP contribution < -0.4 is 10.9 Å². The first-order valence-electron chi connectivity index (χ1n) is 7.87. The summed E-state index contributed by atoms with van der Waals surface area (Å²) >= 11 is 0. The number of rotatable bonds is 5. The summed E-state index contributed by atoms with van der Waals surface area (Å²) < 4.78 is 22.9. The van der Waals surface area contributed by atoms with Gasteiger partial charge in [0.05, 0.1) is 0 Å². The van der Waals surface area contributed by atoms with Gasteiger partial charge in [-0.15, -0.1) is 0 Å². The fourth-order valence-electron chi connectivity index (χ4n) is 2.40. The molecule has 0 aliphatic carbocycles. The van der Waals surface area contributed by atoms with Gasteiger partial charge in [-0.05, 0) is 36.4 Å². The van der Waals surface area contributed by atoms with Crippen molar-refractivity contribution in [2.24, 2.45) is 0 Å². The van der Waals surface area contributed by atoms with Crippen molar-refractivity contribution in [3.05, 3.63) is 75.9 Å². The summed E-state index contributed by atoms with van der Waals surface area (Å²) in [6.45, 7) is -0.603. The Kier molecular flexibility index (Phi) is 5.16. The van der Waals surface area contributed by atoms with E-state index in [0.29, 0.717) is 10.9 Å². The van der Waals surface area contributed by atoms with E-state index in [1.165, 1.54) is 36.4 Å². The lowest BCUT2D eigenvalue weighted by Crippen LogP contribution is -2.30. The number of nitrogens with one attached hydrogen (secondary N) is 1. The Hall–Kier alpha value is -3.68. The van der Waals surface area contributed by atoms with Crippen LogP contribution in [-0.4, -0.2) is 23.5 Å². The van der Waals surface area contributed by atoms with Gasteiger partial charge in [0.1, 0.15) is 30.3 Å². The van der Waals surface area contributed by atoms with Crippen molar-refractivity contribution in [2.75, 3.05) is 6.54 Å². The lowest BCUT2D eigenvalue weighted by molar-refractivity contribution is -0.143. The first-order valence-corrected chi connectivity index (χ1v) is 7.87. The summed E-state index contributed by atoms with van der Waals surface area (Å²) in [6.07, 6.45) is 0. The summed E-state index contributed by atoms with van der Waals surface area (Å²) in [5.41, 5.74) is 0.122. The zero-order valence-electron chi connectivity index (χ0n) is 13.9. The molecule has 2 aromatic carbocycles. The molecule has 0 bridgehead atoms. The molecule has 3 rings (SSSR count). The molecule has 0 saturated heterocycles. The topological polar surface area (TPSA) is 106 Å². The molecule has 0 radical (unpaired) electrons. The minimum absolute atomic E-state index is 0.0664. The molecule has 3 aromatic rings. The Labute approximate surface area is 152 Å². The molecule has 0 fully saturated rings. The zero-order valence-corrected chi connectivity index (χ0v) is 13.9. The average molecular weight is 371 g/mol. The van der Waals surface area contributed by atoms with Crippen LogP contribution in [0.5, 0.6) is 5.75 Å². The molecule has 138 valence electrons. The summed E-state index contributed by atoms with van der Waals surface area (Å²) in [5, 5.41) is 12.3.